The van der Waals surface area contributed by atoms with Crippen molar-refractivity contribution in [3.05, 3.63) is 27.7 Å². The van der Waals surface area contributed by atoms with E-state index in [0.29, 0.717) is 26.3 Å². The second-order valence-electron chi connectivity index (χ2n) is 6.62. The summed E-state index contributed by atoms with van der Waals surface area (Å²) >= 11 is 0. The Kier molecular flexibility index (Phi) is 5.66. The maximum absolute atomic E-state index is 12.6. The molecule has 10 heteroatoms. The molecule has 148 valence electrons. The van der Waals surface area contributed by atoms with E-state index in [1.807, 2.05) is 0 Å². The molecule has 1 aromatic rings. The van der Waals surface area contributed by atoms with Crippen molar-refractivity contribution in [2.45, 2.75) is 18.9 Å². The number of carbonyl (C=O) groups is 2. The van der Waals surface area contributed by atoms with Gasteiger partial charge in [-0.2, -0.15) is 0 Å². The van der Waals surface area contributed by atoms with Crippen molar-refractivity contribution >= 4 is 11.8 Å². The lowest BCUT2D eigenvalue weighted by Crippen LogP contribution is -2.53. The molecular formula is C17H24N4O6. The Balaban J connectivity index is 1.86. The van der Waals surface area contributed by atoms with Gasteiger partial charge >= 0.3 is 0 Å². The first-order valence-corrected chi connectivity index (χ1v) is 8.82. The molecule has 3 heterocycles. The van der Waals surface area contributed by atoms with Gasteiger partial charge in [0.2, 0.25) is 5.43 Å². The van der Waals surface area contributed by atoms with E-state index in [-0.39, 0.29) is 24.0 Å². The Morgan fingerprint density at radius 3 is 2.89 bits per heavy atom. The zero-order chi connectivity index (χ0) is 19.6. The number of aromatic hydroxyl groups is 1. The average Bonchev–Trinajstić information content (AvgIpc) is 3.17. The zero-order valence-electron chi connectivity index (χ0n) is 15.4. The third-order valence-electron chi connectivity index (χ3n) is 4.72. The quantitative estimate of drug-likeness (QED) is 0.657. The molecule has 0 aromatic carbocycles. The van der Waals surface area contributed by atoms with Crippen LogP contribution in [-0.2, 0) is 9.47 Å². The third kappa shape index (κ3) is 3.76. The number of hydrogen-bond donors (Lipinski definition) is 2. The molecule has 0 unspecified atom stereocenters. The van der Waals surface area contributed by atoms with Gasteiger partial charge in [0.05, 0.1) is 12.7 Å². The van der Waals surface area contributed by atoms with Crippen molar-refractivity contribution in [3.8, 4) is 5.75 Å². The van der Waals surface area contributed by atoms with Gasteiger partial charge in [-0.15, -0.1) is 0 Å². The first kappa shape index (κ1) is 19.2. The van der Waals surface area contributed by atoms with E-state index >= 15 is 0 Å². The minimum atomic E-state index is -0.874. The maximum Gasteiger partial charge on any atom is 0.277 e. The van der Waals surface area contributed by atoms with E-state index in [2.05, 4.69) is 5.32 Å². The second-order valence-corrected chi connectivity index (χ2v) is 6.62. The Labute approximate surface area is 156 Å². The van der Waals surface area contributed by atoms with Crippen LogP contribution in [0.3, 0.4) is 0 Å². The van der Waals surface area contributed by atoms with Crippen LogP contribution in [0.25, 0.3) is 0 Å². The van der Waals surface area contributed by atoms with E-state index in [1.165, 1.54) is 22.9 Å². The van der Waals surface area contributed by atoms with E-state index in [1.54, 1.807) is 12.1 Å². The third-order valence-corrected chi connectivity index (χ3v) is 4.72. The number of aromatic nitrogens is 1. The van der Waals surface area contributed by atoms with Crippen molar-refractivity contribution < 1.29 is 24.2 Å². The second kappa shape index (κ2) is 7.97. The summed E-state index contributed by atoms with van der Waals surface area (Å²) in [5, 5.41) is 14.6. The summed E-state index contributed by atoms with van der Waals surface area (Å²) in [6, 6.07) is 0. The summed E-state index contributed by atoms with van der Waals surface area (Å²) in [4.78, 5) is 39.0. The Hall–Kier alpha value is -2.59. The predicted octanol–water partition coefficient (Wildman–Crippen LogP) is -0.910. The van der Waals surface area contributed by atoms with Crippen molar-refractivity contribution in [1.82, 2.24) is 14.9 Å². The fraction of sp³-hybridized carbons (Fsp3) is 0.588. The van der Waals surface area contributed by atoms with Crippen LogP contribution in [0.5, 0.6) is 5.75 Å². The molecule has 1 fully saturated rings. The topological polar surface area (TPSA) is 113 Å². The highest BCUT2D eigenvalue weighted by molar-refractivity contribution is 5.99. The highest BCUT2D eigenvalue weighted by Crippen LogP contribution is 2.20. The highest BCUT2D eigenvalue weighted by atomic mass is 16.5. The molecule has 10 nitrogen and oxygen atoms in total. The van der Waals surface area contributed by atoms with Gasteiger partial charge in [0, 0.05) is 40.1 Å². The van der Waals surface area contributed by atoms with Gasteiger partial charge in [0.1, 0.15) is 12.2 Å². The zero-order valence-corrected chi connectivity index (χ0v) is 15.4. The summed E-state index contributed by atoms with van der Waals surface area (Å²) in [6.07, 6.45) is 3.01. The maximum atomic E-state index is 12.6. The van der Waals surface area contributed by atoms with E-state index in [9.17, 15) is 19.5 Å². The first-order valence-electron chi connectivity index (χ1n) is 8.82. The number of pyridine rings is 1. The molecular weight excluding hydrogens is 356 g/mol. The van der Waals surface area contributed by atoms with Crippen LogP contribution in [0.1, 0.15) is 33.7 Å². The Morgan fingerprint density at radius 2 is 2.22 bits per heavy atom. The molecule has 0 spiro atoms. The molecule has 0 aliphatic carbocycles. The molecule has 2 aliphatic heterocycles. The summed E-state index contributed by atoms with van der Waals surface area (Å²) in [6.45, 7) is 1.83. The fourth-order valence-corrected chi connectivity index (χ4v) is 3.23. The fourth-order valence-electron chi connectivity index (χ4n) is 3.23. The van der Waals surface area contributed by atoms with Gasteiger partial charge in [-0.05, 0) is 12.8 Å². The van der Waals surface area contributed by atoms with Gasteiger partial charge in [0.25, 0.3) is 11.8 Å². The Morgan fingerprint density at radius 1 is 1.44 bits per heavy atom. The monoisotopic (exact) mass is 380 g/mol. The van der Waals surface area contributed by atoms with Gasteiger partial charge in [0.15, 0.2) is 11.4 Å². The normalized spacial score (nSPS) is 19.3. The van der Waals surface area contributed by atoms with Gasteiger partial charge in [-0.25, -0.2) is 0 Å². The lowest BCUT2D eigenvalue weighted by Gasteiger charge is -2.37. The van der Waals surface area contributed by atoms with Crippen LogP contribution in [0, 0.1) is 0 Å². The molecule has 0 radical (unpaired) electrons. The molecule has 2 N–H and O–H groups in total. The number of nitrogens with one attached hydrogen (secondary N) is 1. The largest absolute Gasteiger partial charge is 0.502 e. The van der Waals surface area contributed by atoms with Crippen molar-refractivity contribution in [3.63, 3.8) is 0 Å². The highest BCUT2D eigenvalue weighted by Gasteiger charge is 2.33. The van der Waals surface area contributed by atoms with Crippen molar-refractivity contribution in [2.24, 2.45) is 0 Å². The summed E-state index contributed by atoms with van der Waals surface area (Å²) < 4.78 is 11.8. The average molecular weight is 380 g/mol. The number of methoxy groups -OCH3 is 1. The number of ether oxygens (including phenoxy) is 2. The van der Waals surface area contributed by atoms with E-state index in [4.69, 9.17) is 9.47 Å². The molecule has 0 bridgehead atoms. The number of rotatable bonds is 6. The Bertz CT molecular complexity index is 786. The molecule has 3 rings (SSSR count). The van der Waals surface area contributed by atoms with Gasteiger partial charge < -0.3 is 24.8 Å². The minimum absolute atomic E-state index is 0.0680. The van der Waals surface area contributed by atoms with Crippen LogP contribution in [-0.4, -0.2) is 79.7 Å². The summed E-state index contributed by atoms with van der Waals surface area (Å²) in [7, 11) is 3.21. The van der Waals surface area contributed by atoms with Crippen molar-refractivity contribution in [1.29, 1.82) is 0 Å². The lowest BCUT2D eigenvalue weighted by molar-refractivity contribution is 0.0628. The van der Waals surface area contributed by atoms with Crippen LogP contribution < -0.4 is 15.8 Å². The molecule has 1 atom stereocenters. The molecule has 27 heavy (non-hydrogen) atoms. The van der Waals surface area contributed by atoms with Crippen LogP contribution in [0.2, 0.25) is 0 Å². The van der Waals surface area contributed by atoms with Gasteiger partial charge in [-0.3, -0.25) is 24.1 Å². The van der Waals surface area contributed by atoms with Crippen LogP contribution in [0.15, 0.2) is 11.0 Å². The molecule has 1 aromatic heterocycles. The molecule has 2 amide bonds. The number of fused-ring (bicyclic) bond motifs is 1. The number of hydrogen-bond acceptors (Lipinski definition) is 7. The molecule has 0 saturated carbocycles. The summed E-state index contributed by atoms with van der Waals surface area (Å²) in [5.74, 6) is -1.84. The smallest absolute Gasteiger partial charge is 0.277 e. The number of nitrogens with zero attached hydrogens (tertiary/aromatic N) is 3. The van der Waals surface area contributed by atoms with E-state index in [0.717, 1.165) is 12.8 Å². The SMILES string of the molecule is COCCN1CN(C)n2cc(C(=O)NC[C@@H]3CCCO3)c(=O)c(O)c2C1=O. The first-order chi connectivity index (χ1) is 12.9. The summed E-state index contributed by atoms with van der Waals surface area (Å²) in [5.41, 5.74) is -1.26. The standard InChI is InChI=1S/C17H24N4O6/c1-19-10-20(5-7-26-2)17(25)13-15(23)14(22)12(9-21(13)19)16(24)18-8-11-4-3-6-27-11/h9,11,23H,3-8,10H2,1-2H3,(H,18,24)/t11-/m0/s1. The van der Waals surface area contributed by atoms with Crippen molar-refractivity contribution in [2.75, 3.05) is 52.1 Å². The number of carbonyl (C=O) groups excluding carboxylic acids is 2. The minimum Gasteiger partial charge on any atom is -0.502 e. The number of amides is 2. The van der Waals surface area contributed by atoms with Gasteiger partial charge in [-0.1, -0.05) is 0 Å². The van der Waals surface area contributed by atoms with E-state index < -0.39 is 23.0 Å². The molecule has 2 aliphatic rings. The lowest BCUT2D eigenvalue weighted by atomic mass is 10.1. The predicted molar refractivity (Wildman–Crippen MR) is 95.6 cm³/mol. The molecule has 1 saturated heterocycles. The van der Waals surface area contributed by atoms with Crippen LogP contribution >= 0.6 is 0 Å². The van der Waals surface area contributed by atoms with Crippen LogP contribution in [0.4, 0.5) is 0 Å².